The van der Waals surface area contributed by atoms with Gasteiger partial charge < -0.3 is 19.4 Å². The summed E-state index contributed by atoms with van der Waals surface area (Å²) in [6.45, 7) is 2.30. The lowest BCUT2D eigenvalue weighted by atomic mass is 10.1. The molecule has 1 aliphatic rings. The normalized spacial score (nSPS) is 11.9. The number of nitriles is 1. The number of hydrogen-bond acceptors (Lipinski definition) is 6. The molecule has 2 aromatic heterocycles. The van der Waals surface area contributed by atoms with Crippen LogP contribution < -0.4 is 14.4 Å². The fraction of sp³-hybridized carbons (Fsp3) is 0.160. The van der Waals surface area contributed by atoms with Gasteiger partial charge in [-0.05, 0) is 55.0 Å². The number of fused-ring (bicyclic) bond motifs is 1. The first-order valence-corrected chi connectivity index (χ1v) is 10.4. The number of hydrogen-bond donors (Lipinski definition) is 1. The molecule has 1 aliphatic heterocycles. The lowest BCUT2D eigenvalue weighted by molar-refractivity contribution is 0.174. The topological polar surface area (TPSA) is 87.1 Å². The third-order valence-electron chi connectivity index (χ3n) is 5.44. The van der Waals surface area contributed by atoms with E-state index < -0.39 is 0 Å². The molecule has 0 atom stereocenters. The van der Waals surface area contributed by atoms with Gasteiger partial charge in [-0.1, -0.05) is 19.1 Å². The molecule has 1 N–H and O–H groups in total. The van der Waals surface area contributed by atoms with E-state index in [2.05, 4.69) is 18.0 Å². The van der Waals surface area contributed by atoms with Gasteiger partial charge in [0.25, 0.3) is 0 Å². The Morgan fingerprint density at radius 2 is 1.88 bits per heavy atom. The highest BCUT2D eigenvalue weighted by atomic mass is 16.7. The van der Waals surface area contributed by atoms with Gasteiger partial charge >= 0.3 is 0 Å². The van der Waals surface area contributed by atoms with Crippen molar-refractivity contribution < 1.29 is 9.47 Å². The van der Waals surface area contributed by atoms with E-state index in [4.69, 9.17) is 19.4 Å². The van der Waals surface area contributed by atoms with Crippen molar-refractivity contribution in [2.75, 3.05) is 18.7 Å². The molecule has 32 heavy (non-hydrogen) atoms. The number of aryl methyl sites for hydroxylation is 1. The molecule has 0 unspecified atom stereocenters. The molecule has 0 bridgehead atoms. The van der Waals surface area contributed by atoms with Crippen LogP contribution in [0.1, 0.15) is 18.2 Å². The van der Waals surface area contributed by atoms with Gasteiger partial charge in [0.05, 0.1) is 23.0 Å². The number of H-pyrrole nitrogens is 1. The summed E-state index contributed by atoms with van der Waals surface area (Å²) in [6.07, 6.45) is 0.842. The maximum absolute atomic E-state index is 9.26. The van der Waals surface area contributed by atoms with Crippen molar-refractivity contribution in [3.63, 3.8) is 0 Å². The SMILES string of the molecule is CCc1cccc(-c2[nH]c(N(C)c3cccc(C#N)c3)nc2-c2ccc3c(c2)OCO3)n1. The van der Waals surface area contributed by atoms with Crippen molar-refractivity contribution in [2.45, 2.75) is 13.3 Å². The number of nitrogens with zero attached hydrogens (tertiary/aromatic N) is 4. The van der Waals surface area contributed by atoms with Gasteiger partial charge in [0.15, 0.2) is 11.5 Å². The number of aromatic nitrogens is 3. The van der Waals surface area contributed by atoms with Crippen molar-refractivity contribution in [2.24, 2.45) is 0 Å². The van der Waals surface area contributed by atoms with Crippen LogP contribution in [0.5, 0.6) is 11.5 Å². The predicted molar refractivity (Wildman–Crippen MR) is 122 cm³/mol. The Balaban J connectivity index is 1.64. The minimum absolute atomic E-state index is 0.218. The molecule has 4 aromatic rings. The molecule has 158 valence electrons. The molecule has 5 rings (SSSR count). The Bertz CT molecular complexity index is 1340. The fourth-order valence-electron chi connectivity index (χ4n) is 3.68. The summed E-state index contributed by atoms with van der Waals surface area (Å²) in [5, 5.41) is 9.26. The Labute approximate surface area is 185 Å². The van der Waals surface area contributed by atoms with Crippen molar-refractivity contribution in [1.82, 2.24) is 15.0 Å². The summed E-state index contributed by atoms with van der Waals surface area (Å²) >= 11 is 0. The summed E-state index contributed by atoms with van der Waals surface area (Å²) in [7, 11) is 1.92. The molecular formula is C25H21N5O2. The van der Waals surface area contributed by atoms with E-state index in [9.17, 15) is 5.26 Å². The molecule has 7 heteroatoms. The van der Waals surface area contributed by atoms with Crippen molar-refractivity contribution in [3.8, 4) is 40.2 Å². The number of nitrogens with one attached hydrogen (secondary N) is 1. The highest BCUT2D eigenvalue weighted by molar-refractivity contribution is 5.80. The van der Waals surface area contributed by atoms with Crippen LogP contribution in [-0.4, -0.2) is 28.8 Å². The van der Waals surface area contributed by atoms with Crippen LogP contribution in [0, 0.1) is 11.3 Å². The summed E-state index contributed by atoms with van der Waals surface area (Å²) in [5.41, 5.74) is 5.75. The van der Waals surface area contributed by atoms with E-state index in [0.717, 1.165) is 46.2 Å². The first-order valence-electron chi connectivity index (χ1n) is 10.4. The van der Waals surface area contributed by atoms with E-state index in [-0.39, 0.29) is 6.79 Å². The Hall–Kier alpha value is -4.31. The van der Waals surface area contributed by atoms with Crippen LogP contribution in [0.25, 0.3) is 22.6 Å². The molecule has 0 aliphatic carbocycles. The van der Waals surface area contributed by atoms with Crippen molar-refractivity contribution >= 4 is 11.6 Å². The summed E-state index contributed by atoms with van der Waals surface area (Å²) in [4.78, 5) is 15.1. The smallest absolute Gasteiger partial charge is 0.231 e. The van der Waals surface area contributed by atoms with Crippen LogP contribution in [0.3, 0.4) is 0 Å². The minimum atomic E-state index is 0.218. The van der Waals surface area contributed by atoms with Crippen LogP contribution in [0.15, 0.2) is 60.7 Å². The number of benzene rings is 2. The van der Waals surface area contributed by atoms with E-state index in [1.165, 1.54) is 0 Å². The monoisotopic (exact) mass is 423 g/mol. The van der Waals surface area contributed by atoms with E-state index in [1.807, 2.05) is 66.5 Å². The van der Waals surface area contributed by atoms with Gasteiger partial charge in [-0.2, -0.15) is 5.26 Å². The standard InChI is InChI=1S/C25H21N5O2/c1-3-18-7-5-9-20(27-18)24-23(17-10-11-21-22(13-17)32-15-31-21)28-25(29-24)30(2)19-8-4-6-16(12-19)14-26/h4-13H,3,15H2,1-2H3,(H,28,29). The number of anilines is 2. The first-order chi connectivity index (χ1) is 15.7. The molecule has 0 saturated heterocycles. The van der Waals surface area contributed by atoms with Gasteiger partial charge in [-0.25, -0.2) is 4.98 Å². The van der Waals surface area contributed by atoms with Crippen LogP contribution in [0.4, 0.5) is 11.6 Å². The molecule has 0 radical (unpaired) electrons. The molecule has 2 aromatic carbocycles. The summed E-state index contributed by atoms with van der Waals surface area (Å²) in [6, 6.07) is 21.4. The molecule has 0 fully saturated rings. The summed E-state index contributed by atoms with van der Waals surface area (Å²) in [5.74, 6) is 2.07. The average Bonchev–Trinajstić information content (AvgIpc) is 3.50. The number of pyridine rings is 1. The van der Waals surface area contributed by atoms with Crippen molar-refractivity contribution in [1.29, 1.82) is 5.26 Å². The van der Waals surface area contributed by atoms with E-state index >= 15 is 0 Å². The number of ether oxygens (including phenoxy) is 2. The predicted octanol–water partition coefficient (Wildman–Crippen LogP) is 5.07. The van der Waals surface area contributed by atoms with E-state index in [1.54, 1.807) is 6.07 Å². The van der Waals surface area contributed by atoms with Crippen LogP contribution in [-0.2, 0) is 6.42 Å². The zero-order valence-electron chi connectivity index (χ0n) is 17.8. The second-order valence-corrected chi connectivity index (χ2v) is 7.44. The lowest BCUT2D eigenvalue weighted by Crippen LogP contribution is -2.11. The third-order valence-corrected chi connectivity index (χ3v) is 5.44. The zero-order chi connectivity index (χ0) is 22.1. The molecule has 7 nitrogen and oxygen atoms in total. The molecule has 0 amide bonds. The van der Waals surface area contributed by atoms with Gasteiger partial charge in [0.2, 0.25) is 12.7 Å². The maximum Gasteiger partial charge on any atom is 0.231 e. The molecular weight excluding hydrogens is 402 g/mol. The summed E-state index contributed by atoms with van der Waals surface area (Å²) < 4.78 is 11.0. The quantitative estimate of drug-likeness (QED) is 0.482. The Morgan fingerprint density at radius 3 is 2.72 bits per heavy atom. The molecule has 0 saturated carbocycles. The van der Waals surface area contributed by atoms with Gasteiger partial charge in [0, 0.05) is 24.0 Å². The largest absolute Gasteiger partial charge is 0.454 e. The second kappa shape index (κ2) is 8.08. The van der Waals surface area contributed by atoms with E-state index in [0.29, 0.717) is 17.3 Å². The van der Waals surface area contributed by atoms with Gasteiger partial charge in [-0.3, -0.25) is 4.98 Å². The van der Waals surface area contributed by atoms with Gasteiger partial charge in [0.1, 0.15) is 5.69 Å². The molecule has 0 spiro atoms. The Kier molecular flexibility index (Phi) is 4.96. The maximum atomic E-state index is 9.26. The minimum Gasteiger partial charge on any atom is -0.454 e. The Morgan fingerprint density at radius 1 is 1.03 bits per heavy atom. The zero-order valence-corrected chi connectivity index (χ0v) is 17.8. The van der Waals surface area contributed by atoms with Crippen molar-refractivity contribution in [3.05, 3.63) is 71.9 Å². The average molecular weight is 423 g/mol. The number of imidazole rings is 1. The lowest BCUT2D eigenvalue weighted by Gasteiger charge is -2.16. The number of rotatable bonds is 5. The second-order valence-electron chi connectivity index (χ2n) is 7.44. The van der Waals surface area contributed by atoms with Crippen LogP contribution in [0.2, 0.25) is 0 Å². The highest BCUT2D eigenvalue weighted by Crippen LogP contribution is 2.39. The van der Waals surface area contributed by atoms with Crippen LogP contribution >= 0.6 is 0 Å². The third kappa shape index (κ3) is 3.52. The molecule has 3 heterocycles. The number of aromatic amines is 1. The fourth-order valence-corrected chi connectivity index (χ4v) is 3.68. The van der Waals surface area contributed by atoms with Gasteiger partial charge in [-0.15, -0.1) is 0 Å². The first kappa shape index (κ1) is 19.6. The highest BCUT2D eigenvalue weighted by Gasteiger charge is 2.21.